The summed E-state index contributed by atoms with van der Waals surface area (Å²) in [5.41, 5.74) is 0. The first-order valence-corrected chi connectivity index (χ1v) is 9.62. The van der Waals surface area contributed by atoms with Gasteiger partial charge in [0.2, 0.25) is 0 Å². The molecule has 0 spiro atoms. The van der Waals surface area contributed by atoms with Crippen LogP contribution in [-0.4, -0.2) is 35.1 Å². The van der Waals surface area contributed by atoms with E-state index in [1.807, 2.05) is 28.2 Å². The molecule has 0 aromatic heterocycles. The van der Waals surface area contributed by atoms with Crippen LogP contribution < -0.4 is 0 Å². The van der Waals surface area contributed by atoms with E-state index >= 15 is 0 Å². The molecule has 0 aliphatic rings. The van der Waals surface area contributed by atoms with Crippen LogP contribution in [0.5, 0.6) is 0 Å². The van der Waals surface area contributed by atoms with Crippen LogP contribution in [0.25, 0.3) is 0 Å². The molecule has 75 valence electrons. The van der Waals surface area contributed by atoms with E-state index in [9.17, 15) is 0 Å². The summed E-state index contributed by atoms with van der Waals surface area (Å²) in [5, 5.41) is 0. The van der Waals surface area contributed by atoms with Gasteiger partial charge in [0.25, 0.3) is 0 Å². The summed E-state index contributed by atoms with van der Waals surface area (Å²) in [5.74, 6) is 0. The first-order chi connectivity index (χ1) is 5.14. The molecule has 0 amide bonds. The minimum atomic E-state index is -2.96. The van der Waals surface area contributed by atoms with Crippen molar-refractivity contribution in [2.45, 2.75) is 24.6 Å². The van der Waals surface area contributed by atoms with Gasteiger partial charge < -0.3 is 0 Å². The Morgan fingerprint density at radius 1 is 0.917 bits per heavy atom. The molecule has 0 aromatic carbocycles. The fraction of sp³-hybridized carbons (Fsp3) is 1.00. The topological polar surface area (TPSA) is 30.3 Å². The van der Waals surface area contributed by atoms with Gasteiger partial charge in [0.05, 0.1) is 0 Å². The summed E-state index contributed by atoms with van der Waals surface area (Å²) in [6, 6.07) is 0. The van der Waals surface area contributed by atoms with Gasteiger partial charge in [0.15, 0.2) is 0 Å². The molecule has 4 heteroatoms. The number of rotatable bonds is 2. The molecule has 3 nitrogen and oxygen atoms in total. The zero-order chi connectivity index (χ0) is 10.2. The zero-order valence-corrected chi connectivity index (χ0v) is 12.2. The molecule has 0 saturated heterocycles. The molecule has 0 radical (unpaired) electrons. The zero-order valence-electron chi connectivity index (χ0n) is 9.30. The van der Waals surface area contributed by atoms with Crippen molar-refractivity contribution in [3.05, 3.63) is 0 Å². The monoisotopic (exact) mass is 344 g/mol. The Hall–Kier alpha value is 0.408. The van der Waals surface area contributed by atoms with Crippen LogP contribution in [0, 0.1) is 3.91 Å². The van der Waals surface area contributed by atoms with Gasteiger partial charge in [0.1, 0.15) is 0 Å². The first-order valence-electron chi connectivity index (χ1n) is 4.06. The van der Waals surface area contributed by atoms with Gasteiger partial charge in [-0.2, -0.15) is 0 Å². The molecule has 0 rings (SSSR count). The predicted molar refractivity (Wildman–Crippen MR) is 49.8 cm³/mol. The molecular weight excluding hydrogens is 322 g/mol. The second-order valence-electron chi connectivity index (χ2n) is 4.29. The van der Waals surface area contributed by atoms with E-state index in [1.54, 1.807) is 0 Å². The van der Waals surface area contributed by atoms with Crippen LogP contribution in [0.4, 0.5) is 0 Å². The van der Waals surface area contributed by atoms with Crippen molar-refractivity contribution < 1.29 is 16.4 Å². The van der Waals surface area contributed by atoms with Crippen molar-refractivity contribution in [2.24, 2.45) is 0 Å². The maximum absolute atomic E-state index is 8.54. The summed E-state index contributed by atoms with van der Waals surface area (Å²) < 4.78 is 13.0. The third kappa shape index (κ3) is 2.01. The normalized spacial score (nSPS) is 14.4. The fourth-order valence-electron chi connectivity index (χ4n) is 1.42. The molecule has 0 saturated carbocycles. The van der Waals surface area contributed by atoms with Crippen LogP contribution in [-0.2, 0) is 16.4 Å². The van der Waals surface area contributed by atoms with E-state index in [2.05, 4.69) is 27.7 Å². The van der Waals surface area contributed by atoms with Gasteiger partial charge in [-0.25, -0.2) is 0 Å². The van der Waals surface area contributed by atoms with Gasteiger partial charge >= 0.3 is 80.0 Å². The van der Waals surface area contributed by atoms with Crippen molar-refractivity contribution >= 4 is 0 Å². The predicted octanol–water partition coefficient (Wildman–Crippen LogP) is 2.07. The van der Waals surface area contributed by atoms with Crippen LogP contribution in [0.1, 0.15) is 20.8 Å². The standard InChI is InChI=1S/C4H9.2C2H6N.HN.W/c1-4(2)3;2*1-3-2;;/h1-3H3;2*1-2H3;1H;/q;2*-1;;+2. The Kier molecular flexibility index (Phi) is 3.77. The van der Waals surface area contributed by atoms with E-state index in [0.29, 0.717) is 0 Å². The number of nitrogens with one attached hydrogen (secondary N) is 1. The third-order valence-electron chi connectivity index (χ3n) is 1.91. The molecule has 0 fully saturated rings. The summed E-state index contributed by atoms with van der Waals surface area (Å²) in [6.07, 6.45) is 0. The molecule has 0 aliphatic heterocycles. The van der Waals surface area contributed by atoms with Crippen LogP contribution in [0.3, 0.4) is 0 Å². The van der Waals surface area contributed by atoms with Gasteiger partial charge in [-0.1, -0.05) is 0 Å². The van der Waals surface area contributed by atoms with Gasteiger partial charge in [-0.15, -0.1) is 0 Å². The van der Waals surface area contributed by atoms with Crippen molar-refractivity contribution in [3.63, 3.8) is 0 Å². The average Bonchev–Trinajstić information content (AvgIpc) is 1.82. The molecule has 0 bridgehead atoms. The molecule has 0 aliphatic carbocycles. The van der Waals surface area contributed by atoms with Gasteiger partial charge in [-0.3, -0.25) is 0 Å². The van der Waals surface area contributed by atoms with Crippen molar-refractivity contribution in [1.82, 2.24) is 6.92 Å². The van der Waals surface area contributed by atoms with E-state index in [1.165, 1.54) is 0 Å². The maximum atomic E-state index is 8.54. The average molecular weight is 344 g/mol. The van der Waals surface area contributed by atoms with Crippen LogP contribution >= 0.6 is 0 Å². The quantitative estimate of drug-likeness (QED) is 0.832. The van der Waals surface area contributed by atoms with E-state index in [0.717, 1.165) is 0 Å². The molecule has 12 heavy (non-hydrogen) atoms. The van der Waals surface area contributed by atoms with E-state index < -0.39 is 16.4 Å². The summed E-state index contributed by atoms with van der Waals surface area (Å²) in [6.45, 7) is 6.53. The molecule has 0 unspecified atom stereocenters. The molecule has 0 atom stereocenters. The van der Waals surface area contributed by atoms with Gasteiger partial charge in [0, 0.05) is 0 Å². The summed E-state index contributed by atoms with van der Waals surface area (Å²) >= 11 is -2.96. The SMILES string of the molecule is C[N](C)[W](=[NH])([N](C)C)[C](C)(C)C. The summed E-state index contributed by atoms with van der Waals surface area (Å²) in [7, 11) is 8.14. The summed E-state index contributed by atoms with van der Waals surface area (Å²) in [4.78, 5) is 0. The Balaban J connectivity index is 5.04. The molecule has 1 N–H and O–H groups in total. The Morgan fingerprint density at radius 2 is 1.17 bits per heavy atom. The van der Waals surface area contributed by atoms with E-state index in [-0.39, 0.29) is 3.80 Å². The number of hydrogen-bond donors (Lipinski definition) is 1. The van der Waals surface area contributed by atoms with Crippen LogP contribution in [0.15, 0.2) is 0 Å². The third-order valence-corrected chi connectivity index (χ3v) is 15.6. The Labute approximate surface area is 80.2 Å². The molecule has 0 heterocycles. The van der Waals surface area contributed by atoms with Crippen LogP contribution in [0.2, 0.25) is 3.80 Å². The fourth-order valence-corrected chi connectivity index (χ4v) is 11.6. The second-order valence-corrected chi connectivity index (χ2v) is 17.9. The van der Waals surface area contributed by atoms with Crippen molar-refractivity contribution in [3.8, 4) is 0 Å². The van der Waals surface area contributed by atoms with Crippen molar-refractivity contribution in [2.75, 3.05) is 28.2 Å². The second kappa shape index (κ2) is 3.65. The van der Waals surface area contributed by atoms with E-state index in [4.69, 9.17) is 3.91 Å². The molecular formula is C8H22N3W. The minimum absolute atomic E-state index is 0.125. The first kappa shape index (κ1) is 12.4. The van der Waals surface area contributed by atoms with Gasteiger partial charge in [-0.05, 0) is 0 Å². The van der Waals surface area contributed by atoms with Crippen molar-refractivity contribution in [1.29, 1.82) is 3.91 Å². The number of nitrogens with zero attached hydrogens (tertiary/aromatic N) is 2. The Morgan fingerprint density at radius 3 is 1.17 bits per heavy atom. The number of hydrogen-bond acceptors (Lipinski definition) is 1. The Bertz CT molecular complexity index is 179. The molecule has 0 aromatic rings.